The van der Waals surface area contributed by atoms with Crippen LogP contribution in [0.4, 0.5) is 0 Å². The maximum atomic E-state index is 13.1. The third kappa shape index (κ3) is 42.7. The number of carboxylic acids is 1. The van der Waals surface area contributed by atoms with Gasteiger partial charge >= 0.3 is 23.9 Å². The number of aliphatic hydroxyl groups is 2. The van der Waals surface area contributed by atoms with E-state index < -0.39 is 67.3 Å². The number of unbranched alkanes of at least 4 members (excludes halogenated alkanes) is 26. The highest BCUT2D eigenvalue weighted by molar-refractivity contribution is 5.74. The van der Waals surface area contributed by atoms with Crippen LogP contribution < -0.4 is 0 Å². The van der Waals surface area contributed by atoms with Gasteiger partial charge in [-0.25, -0.2) is 4.79 Å². The Hall–Kier alpha value is -3.84. The number of carboxylic acid groups (broad SMARTS) is 1. The lowest BCUT2D eigenvalue weighted by Gasteiger charge is -2.40. The number of hydrogen-bond donors (Lipinski definition) is 3. The standard InChI is InChI=1S/C65H110O12/c1-4-7-10-13-16-19-22-25-27-28-29-30-32-34-36-39-42-45-48-51-57(66)73-54-56(75-58(67)52-49-46-43-40-38-35-31-26-23-20-17-14-11-8-5-2)55-74-65-63(61(70)60(69)62(77-65)64(71)72)76-59(68)53-50-47-44-41-37-33-24-21-18-15-12-9-6-3/h8,11,16-17,19-20,25-27,31,38,40,56,60-63,65,69-70H,4-7,9-10,12-15,18,21-24,28-30,32-37,39,41-55H2,1-3H3,(H,71,72)/b11-8-,19-16-,20-17-,27-25-,31-26-,40-38-. The molecule has 77 heavy (non-hydrogen) atoms. The second-order valence-electron chi connectivity index (χ2n) is 21.0. The number of carbonyl (C=O) groups excluding carboxylic acids is 3. The van der Waals surface area contributed by atoms with E-state index in [1.54, 1.807) is 0 Å². The van der Waals surface area contributed by atoms with Gasteiger partial charge in [-0.1, -0.05) is 229 Å². The van der Waals surface area contributed by atoms with Crippen molar-refractivity contribution in [2.24, 2.45) is 0 Å². The van der Waals surface area contributed by atoms with Crippen LogP contribution in [-0.4, -0.2) is 89.2 Å². The summed E-state index contributed by atoms with van der Waals surface area (Å²) in [5.41, 5.74) is 0. The fourth-order valence-corrected chi connectivity index (χ4v) is 9.04. The molecule has 1 aliphatic rings. The largest absolute Gasteiger partial charge is 0.479 e. The first-order chi connectivity index (χ1) is 37.6. The predicted octanol–water partition coefficient (Wildman–Crippen LogP) is 16.1. The lowest BCUT2D eigenvalue weighted by molar-refractivity contribution is -0.301. The van der Waals surface area contributed by atoms with Gasteiger partial charge in [0.1, 0.15) is 18.8 Å². The summed E-state index contributed by atoms with van der Waals surface area (Å²) in [6, 6.07) is 0. The molecule has 1 heterocycles. The van der Waals surface area contributed by atoms with Crippen LogP contribution in [-0.2, 0) is 42.9 Å². The van der Waals surface area contributed by atoms with Crippen molar-refractivity contribution in [2.75, 3.05) is 13.2 Å². The molecule has 3 N–H and O–H groups in total. The van der Waals surface area contributed by atoms with Gasteiger partial charge in [0.25, 0.3) is 0 Å². The van der Waals surface area contributed by atoms with Crippen molar-refractivity contribution in [2.45, 2.75) is 302 Å². The van der Waals surface area contributed by atoms with Gasteiger partial charge in [-0.15, -0.1) is 0 Å². The zero-order valence-electron chi connectivity index (χ0n) is 48.7. The molecule has 0 aliphatic carbocycles. The fraction of sp³-hybridized carbons (Fsp3) is 0.754. The number of allylic oxidation sites excluding steroid dienone is 12. The minimum Gasteiger partial charge on any atom is -0.479 e. The van der Waals surface area contributed by atoms with Crippen LogP contribution in [0.5, 0.6) is 0 Å². The van der Waals surface area contributed by atoms with E-state index in [0.29, 0.717) is 19.3 Å². The molecule has 0 aromatic carbocycles. The van der Waals surface area contributed by atoms with Crippen molar-refractivity contribution in [3.8, 4) is 0 Å². The van der Waals surface area contributed by atoms with E-state index in [1.807, 2.05) is 0 Å². The molecule has 12 heteroatoms. The lowest BCUT2D eigenvalue weighted by atomic mass is 9.98. The average molecular weight is 1080 g/mol. The first-order valence-corrected chi connectivity index (χ1v) is 30.9. The Balaban J connectivity index is 2.69. The molecule has 1 fully saturated rings. The number of aliphatic hydroxyl groups excluding tert-OH is 2. The van der Waals surface area contributed by atoms with Gasteiger partial charge in [-0.05, 0) is 89.9 Å². The molecular formula is C65H110O12. The van der Waals surface area contributed by atoms with Crippen molar-refractivity contribution in [1.82, 2.24) is 0 Å². The zero-order chi connectivity index (χ0) is 56.1. The van der Waals surface area contributed by atoms with Crippen LogP contribution in [0.15, 0.2) is 72.9 Å². The summed E-state index contributed by atoms with van der Waals surface area (Å²) in [4.78, 5) is 51.2. The number of rotatable bonds is 52. The van der Waals surface area contributed by atoms with E-state index in [2.05, 4.69) is 93.7 Å². The Morgan fingerprint density at radius 2 is 0.818 bits per heavy atom. The topological polar surface area (TPSA) is 175 Å². The van der Waals surface area contributed by atoms with E-state index in [-0.39, 0.29) is 25.9 Å². The molecule has 1 aliphatic heterocycles. The average Bonchev–Trinajstić information content (AvgIpc) is 3.41. The predicted molar refractivity (Wildman–Crippen MR) is 312 cm³/mol. The zero-order valence-corrected chi connectivity index (χ0v) is 48.7. The minimum absolute atomic E-state index is 0.0564. The molecule has 6 atom stereocenters. The number of ether oxygens (including phenoxy) is 5. The highest BCUT2D eigenvalue weighted by atomic mass is 16.7. The Kier molecular flexibility index (Phi) is 48.8. The molecule has 0 aromatic heterocycles. The van der Waals surface area contributed by atoms with E-state index in [4.69, 9.17) is 23.7 Å². The van der Waals surface area contributed by atoms with Gasteiger partial charge in [-0.2, -0.15) is 0 Å². The number of hydrogen-bond acceptors (Lipinski definition) is 11. The first kappa shape index (κ1) is 71.2. The van der Waals surface area contributed by atoms with Gasteiger partial charge in [0, 0.05) is 19.3 Å². The SMILES string of the molecule is CC/C=C\C/C=C\C/C=C\C/C=C\CCCCC(=O)OC(COC(=O)CCCCCCCCCCC/C=C\C/C=C\CCCCC)COC1OC(C(=O)O)C(O)C(O)C1OC(=O)CCCCCCCCCCCCCCC. The maximum absolute atomic E-state index is 13.1. The number of aliphatic carboxylic acids is 1. The summed E-state index contributed by atoms with van der Waals surface area (Å²) in [5.74, 6) is -3.17. The Labute approximate surface area is 468 Å². The summed E-state index contributed by atoms with van der Waals surface area (Å²) in [5, 5.41) is 31.5. The maximum Gasteiger partial charge on any atom is 0.335 e. The van der Waals surface area contributed by atoms with Gasteiger partial charge in [0.15, 0.2) is 24.6 Å². The third-order valence-electron chi connectivity index (χ3n) is 13.8. The smallest absolute Gasteiger partial charge is 0.335 e. The van der Waals surface area contributed by atoms with Crippen molar-refractivity contribution in [1.29, 1.82) is 0 Å². The molecular weight excluding hydrogens is 973 g/mol. The second-order valence-corrected chi connectivity index (χ2v) is 21.0. The summed E-state index contributed by atoms with van der Waals surface area (Å²) in [6.07, 6.45) is 54.4. The van der Waals surface area contributed by atoms with E-state index in [0.717, 1.165) is 96.3 Å². The van der Waals surface area contributed by atoms with Crippen LogP contribution >= 0.6 is 0 Å². The van der Waals surface area contributed by atoms with Crippen LogP contribution in [0.1, 0.15) is 265 Å². The van der Waals surface area contributed by atoms with Gasteiger partial charge in [-0.3, -0.25) is 14.4 Å². The van der Waals surface area contributed by atoms with Crippen molar-refractivity contribution in [3.63, 3.8) is 0 Å². The Bertz CT molecular complexity index is 1620. The molecule has 6 unspecified atom stereocenters. The number of esters is 3. The summed E-state index contributed by atoms with van der Waals surface area (Å²) < 4.78 is 28.4. The Morgan fingerprint density at radius 3 is 1.30 bits per heavy atom. The Morgan fingerprint density at radius 1 is 0.442 bits per heavy atom. The molecule has 1 rings (SSSR count). The van der Waals surface area contributed by atoms with Gasteiger partial charge in [0.05, 0.1) is 6.61 Å². The third-order valence-corrected chi connectivity index (χ3v) is 13.8. The summed E-state index contributed by atoms with van der Waals surface area (Å²) >= 11 is 0. The molecule has 0 aromatic rings. The van der Waals surface area contributed by atoms with E-state index in [9.17, 15) is 34.5 Å². The lowest BCUT2D eigenvalue weighted by Crippen LogP contribution is -2.61. The quantitative estimate of drug-likeness (QED) is 0.0228. The normalized spacial score (nSPS) is 18.5. The monoisotopic (exact) mass is 1080 g/mol. The van der Waals surface area contributed by atoms with Crippen LogP contribution in [0.25, 0.3) is 0 Å². The fourth-order valence-electron chi connectivity index (χ4n) is 9.04. The van der Waals surface area contributed by atoms with Crippen molar-refractivity contribution >= 4 is 23.9 Å². The van der Waals surface area contributed by atoms with E-state index in [1.165, 1.54) is 109 Å². The summed E-state index contributed by atoms with van der Waals surface area (Å²) in [7, 11) is 0. The molecule has 0 radical (unpaired) electrons. The molecule has 0 saturated carbocycles. The summed E-state index contributed by atoms with van der Waals surface area (Å²) in [6.45, 7) is 5.83. The highest BCUT2D eigenvalue weighted by Crippen LogP contribution is 2.26. The molecule has 0 bridgehead atoms. The molecule has 442 valence electrons. The number of carbonyl (C=O) groups is 4. The van der Waals surface area contributed by atoms with Crippen LogP contribution in [0.3, 0.4) is 0 Å². The molecule has 1 saturated heterocycles. The highest BCUT2D eigenvalue weighted by Gasteiger charge is 2.50. The van der Waals surface area contributed by atoms with Gasteiger partial charge in [0.2, 0.25) is 0 Å². The van der Waals surface area contributed by atoms with Crippen molar-refractivity contribution < 1.29 is 58.2 Å². The van der Waals surface area contributed by atoms with Crippen molar-refractivity contribution in [3.05, 3.63) is 72.9 Å². The molecule has 0 amide bonds. The van der Waals surface area contributed by atoms with Gasteiger partial charge < -0.3 is 39.0 Å². The van der Waals surface area contributed by atoms with E-state index >= 15 is 0 Å². The first-order valence-electron chi connectivity index (χ1n) is 30.9. The molecule has 0 spiro atoms. The van der Waals surface area contributed by atoms with Crippen LogP contribution in [0.2, 0.25) is 0 Å². The molecule has 12 nitrogen and oxygen atoms in total. The second kappa shape index (κ2) is 52.8. The minimum atomic E-state index is -1.91. The van der Waals surface area contributed by atoms with Crippen LogP contribution in [0, 0.1) is 0 Å².